The van der Waals surface area contributed by atoms with Gasteiger partial charge in [0.15, 0.2) is 0 Å². The third kappa shape index (κ3) is 2.50. The maximum atomic E-state index is 11.2. The standard InChI is InChI=1S/C11H14O3S/c12-11-3-1-2-10(8-11)9-4-6-15(13,14)7-5-9/h1-3,8-9,12H,4-7H2. The first-order valence-corrected chi connectivity index (χ1v) is 6.88. The van der Waals surface area contributed by atoms with Gasteiger partial charge < -0.3 is 5.11 Å². The van der Waals surface area contributed by atoms with Crippen molar-refractivity contribution in [2.24, 2.45) is 0 Å². The van der Waals surface area contributed by atoms with Crippen LogP contribution in [0.1, 0.15) is 24.3 Å². The van der Waals surface area contributed by atoms with Crippen molar-refractivity contribution in [2.45, 2.75) is 18.8 Å². The summed E-state index contributed by atoms with van der Waals surface area (Å²) in [6, 6.07) is 7.10. The minimum Gasteiger partial charge on any atom is -0.508 e. The van der Waals surface area contributed by atoms with Gasteiger partial charge in [0.1, 0.15) is 15.6 Å². The lowest BCUT2D eigenvalue weighted by molar-refractivity contribution is 0.472. The Balaban J connectivity index is 2.14. The molecular formula is C11H14O3S. The van der Waals surface area contributed by atoms with Crippen LogP contribution in [0, 0.1) is 0 Å². The van der Waals surface area contributed by atoms with Gasteiger partial charge in [0.25, 0.3) is 0 Å². The molecule has 0 aromatic heterocycles. The fourth-order valence-corrected chi connectivity index (χ4v) is 3.49. The number of aromatic hydroxyl groups is 1. The summed E-state index contributed by atoms with van der Waals surface area (Å²) < 4.78 is 22.5. The maximum absolute atomic E-state index is 11.2. The first-order chi connectivity index (χ1) is 7.07. The van der Waals surface area contributed by atoms with E-state index < -0.39 is 9.84 Å². The van der Waals surface area contributed by atoms with E-state index in [0.717, 1.165) is 5.56 Å². The lowest BCUT2D eigenvalue weighted by Crippen LogP contribution is -2.22. The molecule has 82 valence electrons. The first-order valence-electron chi connectivity index (χ1n) is 5.06. The van der Waals surface area contributed by atoms with Crippen LogP contribution in [0.4, 0.5) is 0 Å². The Hall–Kier alpha value is -1.03. The average Bonchev–Trinajstić information content (AvgIpc) is 2.17. The summed E-state index contributed by atoms with van der Waals surface area (Å²) in [5.74, 6) is 1.07. The van der Waals surface area contributed by atoms with E-state index in [0.29, 0.717) is 12.8 Å². The van der Waals surface area contributed by atoms with Crippen LogP contribution in [0.2, 0.25) is 0 Å². The monoisotopic (exact) mass is 226 g/mol. The molecule has 1 heterocycles. The number of rotatable bonds is 1. The van der Waals surface area contributed by atoms with E-state index in [9.17, 15) is 13.5 Å². The number of benzene rings is 1. The molecule has 0 saturated carbocycles. The molecule has 0 aliphatic carbocycles. The molecule has 0 spiro atoms. The molecule has 0 atom stereocenters. The zero-order chi connectivity index (χ0) is 10.9. The molecule has 1 aliphatic rings. The zero-order valence-corrected chi connectivity index (χ0v) is 9.20. The van der Waals surface area contributed by atoms with E-state index in [1.807, 2.05) is 6.07 Å². The molecule has 4 heteroatoms. The molecule has 0 bridgehead atoms. The Morgan fingerprint density at radius 2 is 1.87 bits per heavy atom. The summed E-state index contributed by atoms with van der Waals surface area (Å²) >= 11 is 0. The second-order valence-electron chi connectivity index (χ2n) is 4.02. The van der Waals surface area contributed by atoms with Crippen LogP contribution in [-0.4, -0.2) is 25.0 Å². The smallest absolute Gasteiger partial charge is 0.150 e. The molecule has 1 aromatic carbocycles. The third-order valence-electron chi connectivity index (χ3n) is 2.90. The minimum atomic E-state index is -2.80. The second kappa shape index (κ2) is 3.85. The molecule has 1 saturated heterocycles. The largest absolute Gasteiger partial charge is 0.508 e. The van der Waals surface area contributed by atoms with Crippen LogP contribution in [0.25, 0.3) is 0 Å². The topological polar surface area (TPSA) is 54.4 Å². The van der Waals surface area contributed by atoms with Gasteiger partial charge in [-0.2, -0.15) is 0 Å². The quantitative estimate of drug-likeness (QED) is 0.792. The summed E-state index contributed by atoms with van der Waals surface area (Å²) in [4.78, 5) is 0. The average molecular weight is 226 g/mol. The molecule has 1 fully saturated rings. The number of hydrogen-bond acceptors (Lipinski definition) is 3. The normalized spacial score (nSPS) is 21.3. The van der Waals surface area contributed by atoms with Crippen molar-refractivity contribution in [1.29, 1.82) is 0 Å². The Bertz CT molecular complexity index is 437. The summed E-state index contributed by atoms with van der Waals surface area (Å²) in [6.45, 7) is 0. The van der Waals surface area contributed by atoms with Crippen molar-refractivity contribution in [1.82, 2.24) is 0 Å². The van der Waals surface area contributed by atoms with Crippen molar-refractivity contribution in [3.8, 4) is 5.75 Å². The van der Waals surface area contributed by atoms with E-state index in [1.54, 1.807) is 18.2 Å². The van der Waals surface area contributed by atoms with Gasteiger partial charge in [-0.1, -0.05) is 12.1 Å². The highest BCUT2D eigenvalue weighted by Crippen LogP contribution is 2.30. The number of sulfone groups is 1. The van der Waals surface area contributed by atoms with Crippen molar-refractivity contribution in [3.05, 3.63) is 29.8 Å². The molecule has 15 heavy (non-hydrogen) atoms. The number of phenolic OH excluding ortho intramolecular Hbond substituents is 1. The van der Waals surface area contributed by atoms with E-state index in [1.165, 1.54) is 0 Å². The second-order valence-corrected chi connectivity index (χ2v) is 6.32. The van der Waals surface area contributed by atoms with Crippen molar-refractivity contribution < 1.29 is 13.5 Å². The Kier molecular flexibility index (Phi) is 2.69. The van der Waals surface area contributed by atoms with Gasteiger partial charge >= 0.3 is 0 Å². The van der Waals surface area contributed by atoms with Crippen LogP contribution in [-0.2, 0) is 9.84 Å². The van der Waals surface area contributed by atoms with Crippen molar-refractivity contribution in [2.75, 3.05) is 11.5 Å². The van der Waals surface area contributed by atoms with Crippen LogP contribution in [0.15, 0.2) is 24.3 Å². The lowest BCUT2D eigenvalue weighted by atomic mass is 9.93. The third-order valence-corrected chi connectivity index (χ3v) is 4.61. The summed E-state index contributed by atoms with van der Waals surface area (Å²) in [7, 11) is -2.80. The van der Waals surface area contributed by atoms with Gasteiger partial charge in [-0.3, -0.25) is 0 Å². The molecule has 2 rings (SSSR count). The first kappa shape index (κ1) is 10.5. The molecule has 1 aliphatic heterocycles. The lowest BCUT2D eigenvalue weighted by Gasteiger charge is -2.22. The SMILES string of the molecule is O=S1(=O)CCC(c2cccc(O)c2)CC1. The van der Waals surface area contributed by atoms with Gasteiger partial charge in [0.2, 0.25) is 0 Å². The molecule has 0 unspecified atom stereocenters. The Morgan fingerprint density at radius 1 is 1.20 bits per heavy atom. The van der Waals surface area contributed by atoms with Crippen molar-refractivity contribution in [3.63, 3.8) is 0 Å². The molecule has 1 aromatic rings. The predicted molar refractivity (Wildman–Crippen MR) is 58.7 cm³/mol. The molecule has 1 N–H and O–H groups in total. The molecule has 3 nitrogen and oxygen atoms in total. The molecule has 0 amide bonds. The highest BCUT2D eigenvalue weighted by Gasteiger charge is 2.24. The molecular weight excluding hydrogens is 212 g/mol. The van der Waals surface area contributed by atoms with E-state index in [2.05, 4.69) is 0 Å². The van der Waals surface area contributed by atoms with E-state index >= 15 is 0 Å². The maximum Gasteiger partial charge on any atom is 0.150 e. The fourth-order valence-electron chi connectivity index (χ4n) is 2.00. The van der Waals surface area contributed by atoms with Gasteiger partial charge in [-0.15, -0.1) is 0 Å². The predicted octanol–water partition coefficient (Wildman–Crippen LogP) is 1.68. The fraction of sp³-hybridized carbons (Fsp3) is 0.455. The van der Waals surface area contributed by atoms with Gasteiger partial charge in [0.05, 0.1) is 11.5 Å². The van der Waals surface area contributed by atoms with Gasteiger partial charge in [-0.25, -0.2) is 8.42 Å². The van der Waals surface area contributed by atoms with Crippen molar-refractivity contribution >= 4 is 9.84 Å². The van der Waals surface area contributed by atoms with E-state index in [4.69, 9.17) is 0 Å². The van der Waals surface area contributed by atoms with Gasteiger partial charge in [-0.05, 0) is 36.5 Å². The van der Waals surface area contributed by atoms with Gasteiger partial charge in [0, 0.05) is 0 Å². The number of phenols is 1. The summed E-state index contributed by atoms with van der Waals surface area (Å²) in [5, 5.41) is 9.33. The van der Waals surface area contributed by atoms with E-state index in [-0.39, 0.29) is 23.2 Å². The van der Waals surface area contributed by atoms with Crippen LogP contribution in [0.5, 0.6) is 5.75 Å². The summed E-state index contributed by atoms with van der Waals surface area (Å²) in [6.07, 6.45) is 1.34. The highest BCUT2D eigenvalue weighted by molar-refractivity contribution is 7.91. The van der Waals surface area contributed by atoms with Crippen LogP contribution in [0.3, 0.4) is 0 Å². The minimum absolute atomic E-state index is 0.251. The molecule has 0 radical (unpaired) electrons. The highest BCUT2D eigenvalue weighted by atomic mass is 32.2. The number of hydrogen-bond donors (Lipinski definition) is 1. The van der Waals surface area contributed by atoms with Crippen LogP contribution >= 0.6 is 0 Å². The Labute approximate surface area is 89.7 Å². The summed E-state index contributed by atoms with van der Waals surface area (Å²) in [5.41, 5.74) is 1.05. The Morgan fingerprint density at radius 3 is 2.47 bits per heavy atom. The van der Waals surface area contributed by atoms with Crippen LogP contribution < -0.4 is 0 Å². The zero-order valence-electron chi connectivity index (χ0n) is 8.39.